The van der Waals surface area contributed by atoms with E-state index in [1.54, 1.807) is 48.2 Å². The van der Waals surface area contributed by atoms with Crippen LogP contribution in [0, 0.1) is 6.92 Å². The zero-order valence-electron chi connectivity index (χ0n) is 19.8. The number of nitrogens with zero attached hydrogens (tertiary/aromatic N) is 4. The molecule has 37 heavy (non-hydrogen) atoms. The van der Waals surface area contributed by atoms with Crippen molar-refractivity contribution in [3.05, 3.63) is 65.7 Å². The van der Waals surface area contributed by atoms with Crippen molar-refractivity contribution in [1.29, 1.82) is 0 Å². The highest BCUT2D eigenvalue weighted by molar-refractivity contribution is 7.92. The zero-order valence-corrected chi connectivity index (χ0v) is 20.6. The number of aromatic nitrogens is 2. The number of anilines is 2. The van der Waals surface area contributed by atoms with E-state index in [9.17, 15) is 26.5 Å². The lowest BCUT2D eigenvalue weighted by atomic mass is 10.0. The Balaban J connectivity index is 1.36. The first kappa shape index (κ1) is 25.7. The quantitative estimate of drug-likeness (QED) is 0.360. The molecule has 12 heteroatoms. The predicted octanol–water partition coefficient (Wildman–Crippen LogP) is 5.14. The van der Waals surface area contributed by atoms with Crippen LogP contribution in [0.15, 0.2) is 59.6 Å². The van der Waals surface area contributed by atoms with E-state index in [0.717, 1.165) is 12.1 Å². The summed E-state index contributed by atoms with van der Waals surface area (Å²) in [6, 6.07) is 13.3. The number of piperazine rings is 1. The number of hydrogen-bond acceptors (Lipinski definition) is 6. The fourth-order valence-electron chi connectivity index (χ4n) is 4.83. The molecule has 5 rings (SSSR count). The predicted molar refractivity (Wildman–Crippen MR) is 131 cm³/mol. The number of hydrogen-bond donors (Lipinski definition) is 1. The van der Waals surface area contributed by atoms with Gasteiger partial charge in [-0.1, -0.05) is 30.3 Å². The van der Waals surface area contributed by atoms with Crippen LogP contribution in [0.25, 0.3) is 11.3 Å². The second-order valence-corrected chi connectivity index (χ2v) is 10.4. The number of aryl methyl sites for hydroxylation is 1. The summed E-state index contributed by atoms with van der Waals surface area (Å²) in [6.07, 6.45) is -4.83. The molecule has 0 spiro atoms. The molecule has 3 aromatic rings. The third-order valence-corrected chi connectivity index (χ3v) is 7.60. The fourth-order valence-corrected chi connectivity index (χ4v) is 5.62. The molecule has 0 amide bonds. The van der Waals surface area contributed by atoms with E-state index < -0.39 is 29.0 Å². The fraction of sp³-hybridized carbons (Fsp3) is 0.360. The Kier molecular flexibility index (Phi) is 6.75. The molecule has 2 fully saturated rings. The van der Waals surface area contributed by atoms with E-state index in [1.165, 1.54) is 6.07 Å². The van der Waals surface area contributed by atoms with Gasteiger partial charge in [-0.15, -0.1) is 0 Å². The van der Waals surface area contributed by atoms with Crippen LogP contribution in [-0.4, -0.2) is 57.6 Å². The van der Waals surface area contributed by atoms with Gasteiger partial charge in [0.25, 0.3) is 10.9 Å². The molecular formula is C25H24F5N5OS. The van der Waals surface area contributed by atoms with Crippen molar-refractivity contribution in [3.8, 4) is 11.3 Å². The topological polar surface area (TPSA) is 67.4 Å². The van der Waals surface area contributed by atoms with E-state index in [0.29, 0.717) is 36.6 Å². The monoisotopic (exact) mass is 537 g/mol. The molecule has 2 atom stereocenters. The standard InChI is InChI=1S/C25H24F5N5OS/c1-16-5-2-3-6-18(16)23-19(25(28,29)30)9-10-20(31-23)33-37(36)22-8-4-7-21(32-22)34-11-12-35-15-24(26,27)13-17(35)14-34/h2-10,17H,11-15H2,1H3,(H,31,33). The molecule has 0 aliphatic carbocycles. The van der Waals surface area contributed by atoms with Crippen LogP contribution < -0.4 is 9.62 Å². The normalized spacial score (nSPS) is 20.5. The summed E-state index contributed by atoms with van der Waals surface area (Å²) in [5, 5.41) is 0.149. The molecule has 6 nitrogen and oxygen atoms in total. The molecule has 1 aromatic carbocycles. The summed E-state index contributed by atoms with van der Waals surface area (Å²) in [5.41, 5.74) is -0.218. The van der Waals surface area contributed by atoms with Crippen LogP contribution in [0.2, 0.25) is 0 Å². The van der Waals surface area contributed by atoms with Gasteiger partial charge in [-0.3, -0.25) is 4.90 Å². The second-order valence-electron chi connectivity index (χ2n) is 9.24. The van der Waals surface area contributed by atoms with E-state index >= 15 is 0 Å². The Labute approximate surface area is 213 Å². The highest BCUT2D eigenvalue weighted by Crippen LogP contribution is 2.38. The third kappa shape index (κ3) is 5.51. The highest BCUT2D eigenvalue weighted by atomic mass is 32.2. The molecule has 2 saturated heterocycles. The number of nitrogens with one attached hydrogen (secondary N) is 1. The molecular weight excluding hydrogens is 513 g/mol. The van der Waals surface area contributed by atoms with Gasteiger partial charge in [0.15, 0.2) is 5.82 Å². The summed E-state index contributed by atoms with van der Waals surface area (Å²) in [7, 11) is 0. The van der Waals surface area contributed by atoms with E-state index in [4.69, 9.17) is 0 Å². The molecule has 0 saturated carbocycles. The molecule has 2 aromatic heterocycles. The smallest absolute Gasteiger partial charge is 0.418 e. The van der Waals surface area contributed by atoms with Gasteiger partial charge in [-0.25, -0.2) is 13.8 Å². The Hall–Kier alpha value is -2.96. The highest BCUT2D eigenvalue weighted by Gasteiger charge is 2.47. The van der Waals surface area contributed by atoms with Crippen LogP contribution in [-0.2, 0) is 17.5 Å². The lowest BCUT2D eigenvalue weighted by Crippen LogP contribution is -2.50. The van der Waals surface area contributed by atoms with Crippen molar-refractivity contribution in [1.82, 2.24) is 14.9 Å². The number of benzene rings is 1. The number of halogens is 5. The first-order valence-electron chi connectivity index (χ1n) is 11.7. The maximum atomic E-state index is 13.8. The minimum atomic E-state index is -4.62. The van der Waals surface area contributed by atoms with Gasteiger partial charge in [-0.2, -0.15) is 22.9 Å². The summed E-state index contributed by atoms with van der Waals surface area (Å²) in [5.74, 6) is -2.20. The first-order chi connectivity index (χ1) is 17.5. The van der Waals surface area contributed by atoms with Gasteiger partial charge in [-0.05, 0) is 30.7 Å². The SMILES string of the molecule is Cc1ccccc1-c1nc(N[S+]([O-])c2cccc(N3CCN4CC(F)(F)CC4C3)n2)ccc1C(F)(F)F. The Morgan fingerprint density at radius 1 is 1.03 bits per heavy atom. The van der Waals surface area contributed by atoms with Crippen molar-refractivity contribution in [3.63, 3.8) is 0 Å². The molecule has 0 bridgehead atoms. The minimum Gasteiger partial charge on any atom is -0.587 e. The molecule has 2 aliphatic heterocycles. The molecule has 0 radical (unpaired) electrons. The van der Waals surface area contributed by atoms with E-state index in [1.807, 2.05) is 4.90 Å². The largest absolute Gasteiger partial charge is 0.587 e. The van der Waals surface area contributed by atoms with Gasteiger partial charge >= 0.3 is 6.18 Å². The van der Waals surface area contributed by atoms with Crippen LogP contribution in [0.3, 0.4) is 0 Å². The first-order valence-corrected chi connectivity index (χ1v) is 12.8. The van der Waals surface area contributed by atoms with Crippen molar-refractivity contribution < 1.29 is 26.5 Å². The van der Waals surface area contributed by atoms with Crippen molar-refractivity contribution in [2.24, 2.45) is 0 Å². The van der Waals surface area contributed by atoms with Crippen LogP contribution in [0.5, 0.6) is 0 Å². The molecule has 196 valence electrons. The van der Waals surface area contributed by atoms with E-state index in [-0.39, 0.29) is 35.5 Å². The van der Waals surface area contributed by atoms with Crippen LogP contribution in [0.1, 0.15) is 17.5 Å². The number of pyridine rings is 2. The summed E-state index contributed by atoms with van der Waals surface area (Å²) in [4.78, 5) is 12.3. The number of fused-ring (bicyclic) bond motifs is 1. The Bertz CT molecular complexity index is 1290. The average Bonchev–Trinajstić information content (AvgIpc) is 3.16. The second kappa shape index (κ2) is 9.73. The number of alkyl halides is 5. The minimum absolute atomic E-state index is 0.00130. The lowest BCUT2D eigenvalue weighted by molar-refractivity contribution is -0.137. The molecule has 2 aliphatic rings. The maximum absolute atomic E-state index is 13.8. The maximum Gasteiger partial charge on any atom is 0.418 e. The molecule has 2 unspecified atom stereocenters. The van der Waals surface area contributed by atoms with Crippen LogP contribution >= 0.6 is 0 Å². The lowest BCUT2D eigenvalue weighted by Gasteiger charge is -2.37. The van der Waals surface area contributed by atoms with Gasteiger partial charge < -0.3 is 9.45 Å². The van der Waals surface area contributed by atoms with E-state index in [2.05, 4.69) is 14.7 Å². The Morgan fingerprint density at radius 2 is 1.81 bits per heavy atom. The van der Waals surface area contributed by atoms with Crippen molar-refractivity contribution in [2.45, 2.75) is 36.5 Å². The zero-order chi connectivity index (χ0) is 26.4. The number of rotatable bonds is 5. The van der Waals surface area contributed by atoms with Gasteiger partial charge in [0.2, 0.25) is 0 Å². The van der Waals surface area contributed by atoms with Crippen LogP contribution in [0.4, 0.5) is 33.6 Å². The van der Waals surface area contributed by atoms with Crippen molar-refractivity contribution in [2.75, 3.05) is 35.8 Å². The summed E-state index contributed by atoms with van der Waals surface area (Å²) in [6.45, 7) is 2.81. The molecule has 4 heterocycles. The van der Waals surface area contributed by atoms with Gasteiger partial charge in [0.05, 0.1) is 17.8 Å². The summed E-state index contributed by atoms with van der Waals surface area (Å²) >= 11 is -1.93. The van der Waals surface area contributed by atoms with Gasteiger partial charge in [0, 0.05) is 43.7 Å². The summed E-state index contributed by atoms with van der Waals surface area (Å²) < 4.78 is 84.4. The average molecular weight is 538 g/mol. The Morgan fingerprint density at radius 3 is 2.57 bits per heavy atom. The van der Waals surface area contributed by atoms with Crippen molar-refractivity contribution >= 4 is 23.0 Å². The molecule has 1 N–H and O–H groups in total. The van der Waals surface area contributed by atoms with Gasteiger partial charge in [0.1, 0.15) is 17.2 Å². The third-order valence-electron chi connectivity index (χ3n) is 6.59.